The molecular weight excluding hydrogens is 320 g/mol. The predicted octanol–water partition coefficient (Wildman–Crippen LogP) is 3.28. The first-order chi connectivity index (χ1) is 11.5. The smallest absolute Gasteiger partial charge is 0.244 e. The van der Waals surface area contributed by atoms with Crippen molar-refractivity contribution in [3.8, 4) is 10.6 Å². The molecule has 124 valence electrons. The lowest BCUT2D eigenvalue weighted by Crippen LogP contribution is -2.30. The van der Waals surface area contributed by atoms with E-state index < -0.39 is 0 Å². The Morgan fingerprint density at radius 1 is 1.25 bits per heavy atom. The number of hydrogen-bond acceptors (Lipinski definition) is 4. The van der Waals surface area contributed by atoms with Crippen LogP contribution in [0.2, 0.25) is 0 Å². The minimum absolute atomic E-state index is 0.0236. The first-order valence-electron chi connectivity index (χ1n) is 7.78. The van der Waals surface area contributed by atoms with Crippen LogP contribution in [0.4, 0.5) is 0 Å². The number of amides is 1. The molecule has 0 saturated heterocycles. The van der Waals surface area contributed by atoms with Gasteiger partial charge < -0.3 is 4.90 Å². The summed E-state index contributed by atoms with van der Waals surface area (Å²) < 4.78 is 1.74. The van der Waals surface area contributed by atoms with Gasteiger partial charge in [-0.25, -0.2) is 4.98 Å². The van der Waals surface area contributed by atoms with Crippen LogP contribution < -0.4 is 0 Å². The maximum absolute atomic E-state index is 12.4. The van der Waals surface area contributed by atoms with Crippen molar-refractivity contribution in [1.29, 1.82) is 0 Å². The molecule has 0 saturated carbocycles. The van der Waals surface area contributed by atoms with Gasteiger partial charge in [0.05, 0.1) is 17.9 Å². The minimum atomic E-state index is 0.0236. The Hall–Kier alpha value is -2.47. The summed E-state index contributed by atoms with van der Waals surface area (Å²) in [5, 5.41) is 7.33. The third kappa shape index (κ3) is 3.71. The molecule has 6 heteroatoms. The van der Waals surface area contributed by atoms with Crippen LogP contribution in [-0.2, 0) is 17.9 Å². The van der Waals surface area contributed by atoms with Crippen LogP contribution in [-0.4, -0.2) is 32.6 Å². The summed E-state index contributed by atoms with van der Waals surface area (Å²) in [6, 6.07) is 12.0. The fraction of sp³-hybridized carbons (Fsp3) is 0.278. The zero-order chi connectivity index (χ0) is 17.1. The van der Waals surface area contributed by atoms with Crippen molar-refractivity contribution in [2.24, 2.45) is 0 Å². The number of hydrogen-bond donors (Lipinski definition) is 0. The quantitative estimate of drug-likeness (QED) is 0.716. The van der Waals surface area contributed by atoms with E-state index in [-0.39, 0.29) is 12.5 Å². The maximum atomic E-state index is 12.4. The molecule has 0 fully saturated rings. The molecule has 3 aromatic rings. The number of rotatable bonds is 5. The van der Waals surface area contributed by atoms with Crippen LogP contribution in [0, 0.1) is 13.8 Å². The molecule has 2 heterocycles. The highest BCUT2D eigenvalue weighted by atomic mass is 32.1. The minimum Gasteiger partial charge on any atom is -0.338 e. The van der Waals surface area contributed by atoms with Crippen molar-refractivity contribution in [3.63, 3.8) is 0 Å². The number of aryl methyl sites for hydroxylation is 2. The Morgan fingerprint density at radius 2 is 2.00 bits per heavy atom. The third-order valence-corrected chi connectivity index (χ3v) is 4.73. The van der Waals surface area contributed by atoms with Gasteiger partial charge in [-0.15, -0.1) is 11.3 Å². The number of carbonyl (C=O) groups excluding carboxylic acids is 1. The Kier molecular flexibility index (Phi) is 4.76. The van der Waals surface area contributed by atoms with E-state index in [2.05, 4.69) is 10.1 Å². The number of benzene rings is 1. The van der Waals surface area contributed by atoms with E-state index in [1.165, 1.54) is 0 Å². The van der Waals surface area contributed by atoms with Crippen molar-refractivity contribution in [3.05, 3.63) is 58.9 Å². The van der Waals surface area contributed by atoms with Gasteiger partial charge in [0, 0.05) is 23.7 Å². The van der Waals surface area contributed by atoms with Crippen LogP contribution in [0.1, 0.15) is 17.1 Å². The van der Waals surface area contributed by atoms with E-state index in [1.807, 2.05) is 55.6 Å². The van der Waals surface area contributed by atoms with Gasteiger partial charge in [-0.3, -0.25) is 9.48 Å². The topological polar surface area (TPSA) is 51.0 Å². The normalized spacial score (nSPS) is 10.8. The van der Waals surface area contributed by atoms with Gasteiger partial charge in [0.15, 0.2) is 0 Å². The monoisotopic (exact) mass is 340 g/mol. The fourth-order valence-electron chi connectivity index (χ4n) is 2.51. The highest BCUT2D eigenvalue weighted by Gasteiger charge is 2.14. The summed E-state index contributed by atoms with van der Waals surface area (Å²) in [5.41, 5.74) is 3.93. The molecule has 0 unspecified atom stereocenters. The van der Waals surface area contributed by atoms with Gasteiger partial charge in [-0.05, 0) is 19.9 Å². The fourth-order valence-corrected chi connectivity index (χ4v) is 3.32. The van der Waals surface area contributed by atoms with Gasteiger partial charge in [0.25, 0.3) is 0 Å². The number of likely N-dealkylation sites (N-methyl/N-ethyl adjacent to an activating group) is 1. The van der Waals surface area contributed by atoms with Gasteiger partial charge in [-0.2, -0.15) is 5.10 Å². The van der Waals surface area contributed by atoms with E-state index in [1.54, 1.807) is 28.0 Å². The summed E-state index contributed by atoms with van der Waals surface area (Å²) in [6.45, 7) is 4.64. The molecule has 0 spiro atoms. The van der Waals surface area contributed by atoms with E-state index in [0.717, 1.165) is 27.7 Å². The Balaban J connectivity index is 1.64. The molecule has 5 nitrogen and oxygen atoms in total. The molecule has 1 aromatic carbocycles. The van der Waals surface area contributed by atoms with Crippen molar-refractivity contribution < 1.29 is 4.79 Å². The second kappa shape index (κ2) is 6.97. The molecule has 0 aliphatic carbocycles. The molecule has 0 N–H and O–H groups in total. The summed E-state index contributed by atoms with van der Waals surface area (Å²) in [7, 11) is 1.80. The van der Waals surface area contributed by atoms with Crippen LogP contribution >= 0.6 is 11.3 Å². The summed E-state index contributed by atoms with van der Waals surface area (Å²) >= 11 is 1.60. The van der Waals surface area contributed by atoms with Crippen molar-refractivity contribution >= 4 is 17.2 Å². The second-order valence-corrected chi connectivity index (χ2v) is 6.70. The molecule has 0 bridgehead atoms. The number of carbonyl (C=O) groups is 1. The summed E-state index contributed by atoms with van der Waals surface area (Å²) in [6.07, 6.45) is 0. The molecular formula is C18H20N4OS. The highest BCUT2D eigenvalue weighted by Crippen LogP contribution is 2.23. The molecule has 0 aliphatic heterocycles. The van der Waals surface area contributed by atoms with E-state index in [4.69, 9.17) is 0 Å². The number of nitrogens with zero attached hydrogens (tertiary/aromatic N) is 4. The highest BCUT2D eigenvalue weighted by molar-refractivity contribution is 7.13. The molecule has 0 aliphatic rings. The van der Waals surface area contributed by atoms with E-state index in [0.29, 0.717) is 6.54 Å². The first kappa shape index (κ1) is 16.4. The third-order valence-electron chi connectivity index (χ3n) is 3.79. The Morgan fingerprint density at radius 3 is 2.67 bits per heavy atom. The lowest BCUT2D eigenvalue weighted by molar-refractivity contribution is -0.131. The van der Waals surface area contributed by atoms with Crippen LogP contribution in [0.15, 0.2) is 41.8 Å². The van der Waals surface area contributed by atoms with Crippen LogP contribution in [0.25, 0.3) is 10.6 Å². The SMILES string of the molecule is Cc1cc(C)n(CC(=O)N(C)Cc2csc(-c3ccccc3)n2)n1. The van der Waals surface area contributed by atoms with Gasteiger partial charge >= 0.3 is 0 Å². The lowest BCUT2D eigenvalue weighted by atomic mass is 10.2. The van der Waals surface area contributed by atoms with Gasteiger partial charge in [0.2, 0.25) is 5.91 Å². The molecule has 0 radical (unpaired) electrons. The second-order valence-electron chi connectivity index (χ2n) is 5.84. The van der Waals surface area contributed by atoms with E-state index >= 15 is 0 Å². The Bertz CT molecular complexity index is 838. The van der Waals surface area contributed by atoms with Crippen LogP contribution in [0.3, 0.4) is 0 Å². The maximum Gasteiger partial charge on any atom is 0.244 e. The van der Waals surface area contributed by atoms with Crippen molar-refractivity contribution in [2.45, 2.75) is 26.9 Å². The molecule has 0 atom stereocenters. The van der Waals surface area contributed by atoms with Crippen molar-refractivity contribution in [2.75, 3.05) is 7.05 Å². The van der Waals surface area contributed by atoms with Gasteiger partial charge in [-0.1, -0.05) is 30.3 Å². The van der Waals surface area contributed by atoms with Gasteiger partial charge in [0.1, 0.15) is 11.6 Å². The molecule has 24 heavy (non-hydrogen) atoms. The summed E-state index contributed by atoms with van der Waals surface area (Å²) in [5.74, 6) is 0.0236. The predicted molar refractivity (Wildman–Crippen MR) is 95.7 cm³/mol. The van der Waals surface area contributed by atoms with E-state index in [9.17, 15) is 4.79 Å². The zero-order valence-corrected chi connectivity index (χ0v) is 14.9. The Labute approximate surface area is 145 Å². The number of thiazole rings is 1. The molecule has 2 aromatic heterocycles. The standard InChI is InChI=1S/C18H20N4OS/c1-13-9-14(2)22(20-13)11-17(23)21(3)10-16-12-24-18(19-16)15-7-5-4-6-8-15/h4-9,12H,10-11H2,1-3H3. The largest absolute Gasteiger partial charge is 0.338 e. The number of aromatic nitrogens is 3. The first-order valence-corrected chi connectivity index (χ1v) is 8.66. The molecule has 1 amide bonds. The average molecular weight is 340 g/mol. The van der Waals surface area contributed by atoms with Crippen LogP contribution in [0.5, 0.6) is 0 Å². The zero-order valence-electron chi connectivity index (χ0n) is 14.1. The molecule has 3 rings (SSSR count). The lowest BCUT2D eigenvalue weighted by Gasteiger charge is -2.16. The average Bonchev–Trinajstić information content (AvgIpc) is 3.15. The van der Waals surface area contributed by atoms with Crippen molar-refractivity contribution in [1.82, 2.24) is 19.7 Å². The summed E-state index contributed by atoms with van der Waals surface area (Å²) in [4.78, 5) is 18.7.